The molecule has 4 aromatic rings. The van der Waals surface area contributed by atoms with Crippen LogP contribution in [0.15, 0.2) is 54.9 Å². The standard InChI is InChI=1S/C24H21F2N3O4/c1-30-21-9-14(7-8-20(21)33-12-16-17(25)5-4-6-18(16)26)29-24-15-10-22(31-2)23(32-3)11-19(15)27-13-28-24/h4-11,13H,12H2,1-3H3,(H,27,28,29). The third kappa shape index (κ3) is 4.57. The van der Waals surface area contributed by atoms with Crippen molar-refractivity contribution in [1.29, 1.82) is 0 Å². The maximum Gasteiger partial charge on any atom is 0.162 e. The van der Waals surface area contributed by atoms with E-state index in [1.165, 1.54) is 31.6 Å². The van der Waals surface area contributed by atoms with Crippen molar-refractivity contribution in [3.05, 3.63) is 72.1 Å². The number of fused-ring (bicyclic) bond motifs is 1. The fourth-order valence-corrected chi connectivity index (χ4v) is 3.30. The predicted molar refractivity (Wildman–Crippen MR) is 120 cm³/mol. The van der Waals surface area contributed by atoms with E-state index in [0.29, 0.717) is 40.0 Å². The van der Waals surface area contributed by atoms with E-state index in [2.05, 4.69) is 15.3 Å². The maximum atomic E-state index is 13.9. The molecule has 0 fully saturated rings. The largest absolute Gasteiger partial charge is 0.493 e. The maximum absolute atomic E-state index is 13.9. The Balaban J connectivity index is 1.60. The van der Waals surface area contributed by atoms with Crippen LogP contribution >= 0.6 is 0 Å². The van der Waals surface area contributed by atoms with Gasteiger partial charge in [-0.3, -0.25) is 0 Å². The number of benzene rings is 3. The number of aromatic nitrogens is 2. The zero-order chi connectivity index (χ0) is 23.4. The predicted octanol–water partition coefficient (Wildman–Crippen LogP) is 5.26. The van der Waals surface area contributed by atoms with Crippen LogP contribution in [0.2, 0.25) is 0 Å². The second-order valence-electron chi connectivity index (χ2n) is 6.93. The number of hydrogen-bond acceptors (Lipinski definition) is 7. The molecule has 33 heavy (non-hydrogen) atoms. The first kappa shape index (κ1) is 22.1. The van der Waals surface area contributed by atoms with Gasteiger partial charge in [0.05, 0.1) is 32.4 Å². The zero-order valence-corrected chi connectivity index (χ0v) is 18.2. The highest BCUT2D eigenvalue weighted by Crippen LogP contribution is 2.36. The van der Waals surface area contributed by atoms with E-state index in [0.717, 1.165) is 5.39 Å². The van der Waals surface area contributed by atoms with Crippen LogP contribution in [0.5, 0.6) is 23.0 Å². The van der Waals surface area contributed by atoms with Gasteiger partial charge in [0.25, 0.3) is 0 Å². The number of ether oxygens (including phenoxy) is 4. The van der Waals surface area contributed by atoms with Gasteiger partial charge in [0.15, 0.2) is 23.0 Å². The lowest BCUT2D eigenvalue weighted by atomic mass is 10.2. The summed E-state index contributed by atoms with van der Waals surface area (Å²) in [5.41, 5.74) is 1.17. The van der Waals surface area contributed by atoms with Gasteiger partial charge in [-0.15, -0.1) is 0 Å². The molecule has 1 heterocycles. The lowest BCUT2D eigenvalue weighted by Crippen LogP contribution is -2.03. The van der Waals surface area contributed by atoms with Gasteiger partial charge >= 0.3 is 0 Å². The fraction of sp³-hybridized carbons (Fsp3) is 0.167. The number of halogens is 2. The third-order valence-electron chi connectivity index (χ3n) is 5.00. The summed E-state index contributed by atoms with van der Waals surface area (Å²) in [5, 5.41) is 3.95. The van der Waals surface area contributed by atoms with Gasteiger partial charge in [0.1, 0.15) is 30.4 Å². The Bertz CT molecular complexity index is 1280. The molecule has 1 N–H and O–H groups in total. The Morgan fingerprint density at radius 1 is 0.788 bits per heavy atom. The first-order valence-electron chi connectivity index (χ1n) is 9.91. The smallest absolute Gasteiger partial charge is 0.162 e. The summed E-state index contributed by atoms with van der Waals surface area (Å²) in [4.78, 5) is 8.62. The van der Waals surface area contributed by atoms with Crippen LogP contribution in [-0.4, -0.2) is 31.3 Å². The molecule has 0 radical (unpaired) electrons. The number of nitrogens with one attached hydrogen (secondary N) is 1. The Hall–Kier alpha value is -4.14. The Morgan fingerprint density at radius 3 is 2.15 bits per heavy atom. The molecule has 0 atom stereocenters. The lowest BCUT2D eigenvalue weighted by Gasteiger charge is -2.15. The normalized spacial score (nSPS) is 10.7. The van der Waals surface area contributed by atoms with E-state index in [1.807, 2.05) is 0 Å². The molecule has 0 bridgehead atoms. The summed E-state index contributed by atoms with van der Waals surface area (Å²) >= 11 is 0. The first-order chi connectivity index (χ1) is 16.0. The topological polar surface area (TPSA) is 74.7 Å². The van der Waals surface area contributed by atoms with E-state index in [4.69, 9.17) is 18.9 Å². The van der Waals surface area contributed by atoms with Gasteiger partial charge in [-0.2, -0.15) is 0 Å². The minimum absolute atomic E-state index is 0.154. The van der Waals surface area contributed by atoms with Crippen molar-refractivity contribution < 1.29 is 27.7 Å². The van der Waals surface area contributed by atoms with Crippen LogP contribution in [0.4, 0.5) is 20.3 Å². The average Bonchev–Trinajstić information content (AvgIpc) is 2.83. The molecule has 9 heteroatoms. The molecule has 0 amide bonds. The summed E-state index contributed by atoms with van der Waals surface area (Å²) in [6.07, 6.45) is 1.44. The highest BCUT2D eigenvalue weighted by molar-refractivity contribution is 5.93. The molecule has 3 aromatic carbocycles. The van der Waals surface area contributed by atoms with Crippen LogP contribution in [0.25, 0.3) is 10.9 Å². The van der Waals surface area contributed by atoms with E-state index in [-0.39, 0.29) is 12.2 Å². The molecule has 0 aliphatic heterocycles. The molecule has 0 saturated heterocycles. The molecule has 0 aliphatic carbocycles. The SMILES string of the molecule is COc1cc2ncnc(Nc3ccc(OCc4c(F)cccc4F)c(OC)c3)c2cc1OC. The molecular weight excluding hydrogens is 432 g/mol. The van der Waals surface area contributed by atoms with Crippen molar-refractivity contribution in [2.75, 3.05) is 26.6 Å². The first-order valence-corrected chi connectivity index (χ1v) is 9.91. The molecular formula is C24H21F2N3O4. The van der Waals surface area contributed by atoms with Crippen LogP contribution in [0, 0.1) is 11.6 Å². The minimum Gasteiger partial charge on any atom is -0.493 e. The number of methoxy groups -OCH3 is 3. The van der Waals surface area contributed by atoms with Gasteiger partial charge in [-0.25, -0.2) is 18.7 Å². The van der Waals surface area contributed by atoms with Gasteiger partial charge < -0.3 is 24.3 Å². The number of anilines is 2. The highest BCUT2D eigenvalue weighted by atomic mass is 19.1. The van der Waals surface area contributed by atoms with Crippen LogP contribution in [0.3, 0.4) is 0 Å². The molecule has 0 unspecified atom stereocenters. The van der Waals surface area contributed by atoms with Gasteiger partial charge in [-0.05, 0) is 30.3 Å². The second-order valence-corrected chi connectivity index (χ2v) is 6.93. The lowest BCUT2D eigenvalue weighted by molar-refractivity contribution is 0.274. The van der Waals surface area contributed by atoms with Crippen molar-refractivity contribution in [2.24, 2.45) is 0 Å². The summed E-state index contributed by atoms with van der Waals surface area (Å²) in [5.74, 6) is 1.03. The Kier molecular flexibility index (Phi) is 6.39. The van der Waals surface area contributed by atoms with Crippen LogP contribution in [-0.2, 0) is 6.61 Å². The summed E-state index contributed by atoms with van der Waals surface area (Å²) < 4.78 is 49.5. The molecule has 4 rings (SSSR count). The second kappa shape index (κ2) is 9.56. The summed E-state index contributed by atoms with van der Waals surface area (Å²) in [6, 6.07) is 12.3. The third-order valence-corrected chi connectivity index (χ3v) is 5.00. The van der Waals surface area contributed by atoms with Gasteiger partial charge in [0.2, 0.25) is 0 Å². The van der Waals surface area contributed by atoms with Crippen molar-refractivity contribution in [3.63, 3.8) is 0 Å². The molecule has 0 aliphatic rings. The molecule has 0 spiro atoms. The minimum atomic E-state index is -0.671. The summed E-state index contributed by atoms with van der Waals surface area (Å²) in [7, 11) is 4.59. The van der Waals surface area contributed by atoms with Gasteiger partial charge in [0, 0.05) is 23.2 Å². The zero-order valence-electron chi connectivity index (χ0n) is 18.2. The van der Waals surface area contributed by atoms with E-state index < -0.39 is 11.6 Å². The summed E-state index contributed by atoms with van der Waals surface area (Å²) in [6.45, 7) is -0.278. The quantitative estimate of drug-likeness (QED) is 0.390. The molecule has 170 valence electrons. The molecule has 0 saturated carbocycles. The number of rotatable bonds is 8. The Labute approximate surface area is 188 Å². The average molecular weight is 453 g/mol. The Morgan fingerprint density at radius 2 is 1.45 bits per heavy atom. The van der Waals surface area contributed by atoms with Crippen molar-refractivity contribution in [3.8, 4) is 23.0 Å². The van der Waals surface area contributed by atoms with E-state index >= 15 is 0 Å². The van der Waals surface area contributed by atoms with Crippen molar-refractivity contribution in [1.82, 2.24) is 9.97 Å². The van der Waals surface area contributed by atoms with E-state index in [1.54, 1.807) is 44.6 Å². The van der Waals surface area contributed by atoms with Crippen LogP contribution < -0.4 is 24.3 Å². The molecule has 1 aromatic heterocycles. The highest BCUT2D eigenvalue weighted by Gasteiger charge is 2.14. The number of nitrogens with zero attached hydrogens (tertiary/aromatic N) is 2. The number of hydrogen-bond donors (Lipinski definition) is 1. The van der Waals surface area contributed by atoms with Crippen molar-refractivity contribution in [2.45, 2.75) is 6.61 Å². The van der Waals surface area contributed by atoms with Gasteiger partial charge in [-0.1, -0.05) is 6.07 Å². The van der Waals surface area contributed by atoms with Crippen molar-refractivity contribution >= 4 is 22.4 Å². The monoisotopic (exact) mass is 453 g/mol. The molecule has 7 nitrogen and oxygen atoms in total. The van der Waals surface area contributed by atoms with E-state index in [9.17, 15) is 8.78 Å². The van der Waals surface area contributed by atoms with Crippen LogP contribution in [0.1, 0.15) is 5.56 Å². The fourth-order valence-electron chi connectivity index (χ4n) is 3.30.